The van der Waals surface area contributed by atoms with Gasteiger partial charge in [-0.15, -0.1) is 0 Å². The lowest BCUT2D eigenvalue weighted by molar-refractivity contribution is -0.671. The third-order valence-corrected chi connectivity index (χ3v) is 1.92. The van der Waals surface area contributed by atoms with Crippen LogP contribution in [0, 0.1) is 5.82 Å². The molecule has 90 valence electrons. The molecule has 0 aliphatic rings. The van der Waals surface area contributed by atoms with Crippen LogP contribution in [0.1, 0.15) is 12.5 Å². The van der Waals surface area contributed by atoms with Crippen LogP contribution in [0.4, 0.5) is 4.39 Å². The number of carbonyl (C=O) groups excluding carboxylic acids is 1. The number of ether oxygens (including phenoxy) is 1. The molecule has 0 radical (unpaired) electrons. The van der Waals surface area contributed by atoms with E-state index >= 15 is 0 Å². The summed E-state index contributed by atoms with van der Waals surface area (Å²) in [5.41, 5.74) is 1.05. The zero-order chi connectivity index (χ0) is 11.1. The minimum atomic E-state index is -0.259. The zero-order valence-corrected chi connectivity index (χ0v) is 9.84. The Morgan fingerprint density at radius 2 is 2.00 bits per heavy atom. The van der Waals surface area contributed by atoms with Crippen molar-refractivity contribution in [3.8, 4) is 0 Å². The number of benzene rings is 1. The first-order chi connectivity index (χ1) is 7.18. The molecule has 1 aromatic carbocycles. The van der Waals surface area contributed by atoms with E-state index < -0.39 is 0 Å². The lowest BCUT2D eigenvalue weighted by Gasteiger charge is -2.02. The van der Waals surface area contributed by atoms with Gasteiger partial charge in [0, 0.05) is 12.5 Å². The van der Waals surface area contributed by atoms with Crippen molar-refractivity contribution in [1.29, 1.82) is 0 Å². The summed E-state index contributed by atoms with van der Waals surface area (Å²) in [6.45, 7) is 3.29. The second kappa shape index (κ2) is 8.07. The third kappa shape index (κ3) is 6.37. The molecule has 0 spiro atoms. The van der Waals surface area contributed by atoms with Crippen LogP contribution >= 0.6 is 0 Å². The quantitative estimate of drug-likeness (QED) is 0.460. The van der Waals surface area contributed by atoms with Gasteiger partial charge >= 0.3 is 5.97 Å². The highest BCUT2D eigenvalue weighted by Crippen LogP contribution is 2.00. The first-order valence-electron chi connectivity index (χ1n) is 4.88. The van der Waals surface area contributed by atoms with Crippen molar-refractivity contribution in [2.75, 3.05) is 13.2 Å². The van der Waals surface area contributed by atoms with Crippen LogP contribution in [-0.2, 0) is 16.1 Å². The molecule has 0 atom stereocenters. The van der Waals surface area contributed by atoms with Gasteiger partial charge in [-0.25, -0.2) is 4.39 Å². The fourth-order valence-corrected chi connectivity index (χ4v) is 1.18. The summed E-state index contributed by atoms with van der Waals surface area (Å²) >= 11 is 0. The molecule has 0 bridgehead atoms. The highest BCUT2D eigenvalue weighted by atomic mass is 35.5. The minimum Gasteiger partial charge on any atom is -1.00 e. The maximum atomic E-state index is 12.6. The molecule has 0 fully saturated rings. The van der Waals surface area contributed by atoms with Gasteiger partial charge in [0.1, 0.15) is 25.5 Å². The van der Waals surface area contributed by atoms with E-state index in [2.05, 4.69) is 0 Å². The predicted molar refractivity (Wildman–Crippen MR) is 53.5 cm³/mol. The lowest BCUT2D eigenvalue weighted by atomic mass is 10.2. The van der Waals surface area contributed by atoms with Crippen molar-refractivity contribution < 1.29 is 31.6 Å². The Kier molecular flexibility index (Phi) is 7.50. The van der Waals surface area contributed by atoms with Gasteiger partial charge < -0.3 is 22.5 Å². The topological polar surface area (TPSA) is 42.9 Å². The number of nitrogens with two attached hydrogens (primary N) is 1. The summed E-state index contributed by atoms with van der Waals surface area (Å²) in [5.74, 6) is -0.483. The molecule has 0 amide bonds. The van der Waals surface area contributed by atoms with E-state index in [0.717, 1.165) is 18.7 Å². The summed E-state index contributed by atoms with van der Waals surface area (Å²) in [5, 5.41) is 2.01. The molecule has 3 nitrogen and oxygen atoms in total. The van der Waals surface area contributed by atoms with Crippen LogP contribution in [0.25, 0.3) is 0 Å². The Bertz CT molecular complexity index is 316. The smallest absolute Gasteiger partial charge is 0.302 e. The van der Waals surface area contributed by atoms with Crippen molar-refractivity contribution in [2.24, 2.45) is 0 Å². The Morgan fingerprint density at radius 3 is 2.56 bits per heavy atom. The van der Waals surface area contributed by atoms with Crippen molar-refractivity contribution in [3.05, 3.63) is 35.6 Å². The van der Waals surface area contributed by atoms with Gasteiger partial charge in [-0.05, 0) is 12.1 Å². The average Bonchev–Trinajstić information content (AvgIpc) is 2.20. The number of halogens is 2. The molecular weight excluding hydrogens is 233 g/mol. The van der Waals surface area contributed by atoms with E-state index in [1.165, 1.54) is 19.1 Å². The number of esters is 1. The third-order valence-electron chi connectivity index (χ3n) is 1.92. The molecule has 1 rings (SSSR count). The molecule has 0 heterocycles. The van der Waals surface area contributed by atoms with Crippen LogP contribution in [0.5, 0.6) is 0 Å². The van der Waals surface area contributed by atoms with E-state index in [1.807, 2.05) is 5.32 Å². The molecule has 16 heavy (non-hydrogen) atoms. The van der Waals surface area contributed by atoms with E-state index in [0.29, 0.717) is 6.61 Å². The van der Waals surface area contributed by atoms with Gasteiger partial charge in [0.2, 0.25) is 0 Å². The molecule has 1 aromatic rings. The molecule has 0 saturated heterocycles. The van der Waals surface area contributed by atoms with Gasteiger partial charge in [0.15, 0.2) is 0 Å². The van der Waals surface area contributed by atoms with Crippen molar-refractivity contribution in [2.45, 2.75) is 13.5 Å². The second-order valence-electron chi connectivity index (χ2n) is 3.25. The van der Waals surface area contributed by atoms with Crippen molar-refractivity contribution in [1.82, 2.24) is 0 Å². The SMILES string of the molecule is CC(=O)OCC[NH2+]Cc1ccc(F)cc1.[Cl-]. The normalized spacial score (nSPS) is 9.38. The minimum absolute atomic E-state index is 0. The molecule has 0 saturated carbocycles. The first-order valence-corrected chi connectivity index (χ1v) is 4.88. The van der Waals surface area contributed by atoms with E-state index in [-0.39, 0.29) is 24.2 Å². The standard InChI is InChI=1S/C11H14FNO2.ClH/c1-9(14)15-7-6-13-8-10-2-4-11(12)5-3-10;/h2-5,13H,6-8H2,1H3;1H. The Balaban J connectivity index is 0.00000225. The average molecular weight is 248 g/mol. The van der Waals surface area contributed by atoms with E-state index in [9.17, 15) is 9.18 Å². The summed E-state index contributed by atoms with van der Waals surface area (Å²) in [4.78, 5) is 10.4. The van der Waals surface area contributed by atoms with Gasteiger partial charge in [-0.3, -0.25) is 4.79 Å². The maximum absolute atomic E-state index is 12.6. The van der Waals surface area contributed by atoms with Gasteiger partial charge in [0.25, 0.3) is 0 Å². The highest BCUT2D eigenvalue weighted by Gasteiger charge is 1.97. The number of hydrogen-bond acceptors (Lipinski definition) is 2. The number of rotatable bonds is 5. The fraction of sp³-hybridized carbons (Fsp3) is 0.364. The summed E-state index contributed by atoms with van der Waals surface area (Å²) in [6.07, 6.45) is 0. The Morgan fingerprint density at radius 1 is 1.38 bits per heavy atom. The van der Waals surface area contributed by atoms with Crippen LogP contribution in [0.15, 0.2) is 24.3 Å². The monoisotopic (exact) mass is 247 g/mol. The number of quaternary nitrogens is 1. The predicted octanol–water partition coefficient (Wildman–Crippen LogP) is -2.54. The Hall–Kier alpha value is -1.13. The van der Waals surface area contributed by atoms with E-state index in [1.54, 1.807) is 12.1 Å². The summed E-state index contributed by atoms with van der Waals surface area (Å²) in [6, 6.07) is 6.37. The summed E-state index contributed by atoms with van der Waals surface area (Å²) < 4.78 is 17.3. The van der Waals surface area contributed by atoms with Crippen molar-refractivity contribution >= 4 is 5.97 Å². The molecule has 0 aromatic heterocycles. The van der Waals surface area contributed by atoms with Gasteiger partial charge in [0.05, 0.1) is 0 Å². The molecule has 0 aliphatic carbocycles. The Labute approximate surface area is 100 Å². The van der Waals surface area contributed by atoms with Crippen LogP contribution < -0.4 is 17.7 Å². The van der Waals surface area contributed by atoms with Crippen LogP contribution in [0.2, 0.25) is 0 Å². The summed E-state index contributed by atoms with van der Waals surface area (Å²) in [7, 11) is 0. The van der Waals surface area contributed by atoms with Gasteiger partial charge in [-0.2, -0.15) is 0 Å². The first kappa shape index (κ1) is 14.9. The largest absolute Gasteiger partial charge is 1.00 e. The van der Waals surface area contributed by atoms with Gasteiger partial charge in [-0.1, -0.05) is 12.1 Å². The molecule has 2 N–H and O–H groups in total. The molecule has 0 unspecified atom stereocenters. The maximum Gasteiger partial charge on any atom is 0.302 e. The highest BCUT2D eigenvalue weighted by molar-refractivity contribution is 5.65. The number of hydrogen-bond donors (Lipinski definition) is 1. The molecule has 5 heteroatoms. The van der Waals surface area contributed by atoms with Crippen LogP contribution in [-0.4, -0.2) is 19.1 Å². The lowest BCUT2D eigenvalue weighted by Crippen LogP contribution is -3.00. The molecular formula is C11H15ClFNO2. The second-order valence-corrected chi connectivity index (χ2v) is 3.25. The molecule has 0 aliphatic heterocycles. The fourth-order valence-electron chi connectivity index (χ4n) is 1.18. The zero-order valence-electron chi connectivity index (χ0n) is 9.08. The van der Waals surface area contributed by atoms with E-state index in [4.69, 9.17) is 4.74 Å². The van der Waals surface area contributed by atoms with Crippen molar-refractivity contribution in [3.63, 3.8) is 0 Å². The van der Waals surface area contributed by atoms with Crippen LogP contribution in [0.3, 0.4) is 0 Å². The number of carbonyl (C=O) groups is 1.